The lowest BCUT2D eigenvalue weighted by molar-refractivity contribution is -0.143. The molecule has 1 saturated heterocycles. The Morgan fingerprint density at radius 3 is 2.91 bits per heavy atom. The molecule has 0 spiro atoms. The number of hydrogen-bond acceptors (Lipinski definition) is 3. The van der Waals surface area contributed by atoms with Crippen LogP contribution >= 0.6 is 11.3 Å². The van der Waals surface area contributed by atoms with E-state index in [2.05, 4.69) is 0 Å². The van der Waals surface area contributed by atoms with Crippen molar-refractivity contribution >= 4 is 17.3 Å². The first-order chi connectivity index (χ1) is 5.26. The molecular weight excluding hydrogens is 164 g/mol. The van der Waals surface area contributed by atoms with Crippen molar-refractivity contribution in [2.75, 3.05) is 6.61 Å². The zero-order valence-corrected chi connectivity index (χ0v) is 6.43. The van der Waals surface area contributed by atoms with Crippen LogP contribution in [0, 0.1) is 0 Å². The molecule has 1 aliphatic heterocycles. The van der Waals surface area contributed by atoms with Gasteiger partial charge in [0.05, 0.1) is 11.5 Å². The van der Waals surface area contributed by atoms with Crippen molar-refractivity contribution in [2.45, 2.75) is 5.60 Å². The molecule has 4 heteroatoms. The van der Waals surface area contributed by atoms with E-state index in [1.165, 1.54) is 11.3 Å². The molecule has 1 fully saturated rings. The number of carbonyl (C=O) groups is 1. The summed E-state index contributed by atoms with van der Waals surface area (Å²) >= 11 is 1.41. The Bertz CT molecular complexity index is 274. The molecule has 1 aromatic heterocycles. The van der Waals surface area contributed by atoms with Crippen molar-refractivity contribution in [1.82, 2.24) is 0 Å². The molecule has 1 unspecified atom stereocenters. The van der Waals surface area contributed by atoms with Gasteiger partial charge in [0.25, 0.3) is 0 Å². The number of aliphatic carboxylic acids is 1. The van der Waals surface area contributed by atoms with Crippen LogP contribution in [0.3, 0.4) is 0 Å². The van der Waals surface area contributed by atoms with Crippen molar-refractivity contribution in [3.63, 3.8) is 0 Å². The molecule has 0 radical (unpaired) electrons. The summed E-state index contributed by atoms with van der Waals surface area (Å²) in [4.78, 5) is 11.4. The lowest BCUT2D eigenvalue weighted by Gasteiger charge is -2.00. The summed E-state index contributed by atoms with van der Waals surface area (Å²) in [5.74, 6) is -0.889. The third-order valence-electron chi connectivity index (χ3n) is 1.70. The third kappa shape index (κ3) is 0.868. The van der Waals surface area contributed by atoms with Gasteiger partial charge in [0, 0.05) is 0 Å². The summed E-state index contributed by atoms with van der Waals surface area (Å²) in [5, 5.41) is 10.6. The summed E-state index contributed by atoms with van der Waals surface area (Å²) in [6, 6.07) is 3.61. The van der Waals surface area contributed by atoms with Crippen molar-refractivity contribution in [1.29, 1.82) is 0 Å². The van der Waals surface area contributed by atoms with Gasteiger partial charge in [-0.1, -0.05) is 6.07 Å². The number of rotatable bonds is 2. The van der Waals surface area contributed by atoms with E-state index in [9.17, 15) is 4.79 Å². The fraction of sp³-hybridized carbons (Fsp3) is 0.286. The summed E-state index contributed by atoms with van der Waals surface area (Å²) in [6.07, 6.45) is 0. The van der Waals surface area contributed by atoms with Gasteiger partial charge in [-0.3, -0.25) is 0 Å². The van der Waals surface area contributed by atoms with Gasteiger partial charge in [0.1, 0.15) is 0 Å². The molecule has 1 aliphatic rings. The van der Waals surface area contributed by atoms with Crippen LogP contribution in [0.2, 0.25) is 0 Å². The predicted octanol–water partition coefficient (Wildman–Crippen LogP) is 1.06. The van der Waals surface area contributed by atoms with Crippen LogP contribution in [0.5, 0.6) is 0 Å². The van der Waals surface area contributed by atoms with E-state index < -0.39 is 11.6 Å². The normalized spacial score (nSPS) is 28.4. The highest BCUT2D eigenvalue weighted by Gasteiger charge is 2.55. The quantitative estimate of drug-likeness (QED) is 0.675. The number of carboxylic acid groups (broad SMARTS) is 1. The zero-order valence-electron chi connectivity index (χ0n) is 5.61. The highest BCUT2D eigenvalue weighted by Crippen LogP contribution is 2.41. The Morgan fingerprint density at radius 1 is 1.82 bits per heavy atom. The standard InChI is InChI=1S/C7H6O3S/c8-6(9)7(4-10-7)5-2-1-3-11-5/h1-3H,4H2,(H,8,9). The molecule has 3 nitrogen and oxygen atoms in total. The number of thiophene rings is 1. The maximum Gasteiger partial charge on any atom is 0.344 e. The van der Waals surface area contributed by atoms with Crippen LogP contribution in [-0.2, 0) is 15.1 Å². The SMILES string of the molecule is O=C(O)C1(c2cccs2)CO1. The molecule has 1 N–H and O–H groups in total. The van der Waals surface area contributed by atoms with E-state index >= 15 is 0 Å². The average molecular weight is 170 g/mol. The first-order valence-electron chi connectivity index (χ1n) is 3.17. The molecule has 11 heavy (non-hydrogen) atoms. The van der Waals surface area contributed by atoms with Crippen molar-refractivity contribution < 1.29 is 14.6 Å². The summed E-state index contributed by atoms with van der Waals surface area (Å²) in [5.41, 5.74) is -0.992. The molecule has 0 aliphatic carbocycles. The molecule has 2 heterocycles. The van der Waals surface area contributed by atoms with Gasteiger partial charge in [-0.2, -0.15) is 0 Å². The van der Waals surface area contributed by atoms with Crippen LogP contribution in [0.15, 0.2) is 17.5 Å². The molecule has 0 bridgehead atoms. The molecule has 1 aromatic rings. The minimum Gasteiger partial charge on any atom is -0.479 e. The van der Waals surface area contributed by atoms with Crippen molar-refractivity contribution in [3.8, 4) is 0 Å². The van der Waals surface area contributed by atoms with Crippen LogP contribution in [0.25, 0.3) is 0 Å². The monoisotopic (exact) mass is 170 g/mol. The Labute approximate surface area is 67.2 Å². The minimum atomic E-state index is -0.992. The Hall–Kier alpha value is -0.870. The molecule has 58 valence electrons. The number of ether oxygens (including phenoxy) is 1. The second-order valence-electron chi connectivity index (χ2n) is 2.40. The molecule has 1 atom stereocenters. The Morgan fingerprint density at radius 2 is 2.55 bits per heavy atom. The van der Waals surface area contributed by atoms with E-state index in [1.807, 2.05) is 11.4 Å². The van der Waals surface area contributed by atoms with Gasteiger partial charge in [-0.15, -0.1) is 11.3 Å². The second kappa shape index (κ2) is 2.06. The Balaban J connectivity index is 2.36. The van der Waals surface area contributed by atoms with Gasteiger partial charge in [-0.25, -0.2) is 4.79 Å². The average Bonchev–Trinajstić information content (AvgIpc) is 2.61. The Kier molecular flexibility index (Phi) is 1.27. The maximum atomic E-state index is 10.7. The molecule has 2 rings (SSSR count). The number of epoxide rings is 1. The third-order valence-corrected chi connectivity index (χ3v) is 2.71. The summed E-state index contributed by atoms with van der Waals surface area (Å²) in [6.45, 7) is 0.308. The van der Waals surface area contributed by atoms with Crippen LogP contribution < -0.4 is 0 Å². The molecule has 0 amide bonds. The first-order valence-corrected chi connectivity index (χ1v) is 4.05. The minimum absolute atomic E-state index is 0.308. The van der Waals surface area contributed by atoms with E-state index in [0.29, 0.717) is 6.61 Å². The summed E-state index contributed by atoms with van der Waals surface area (Å²) in [7, 11) is 0. The maximum absolute atomic E-state index is 10.7. The molecule has 0 aromatic carbocycles. The van der Waals surface area contributed by atoms with Crippen molar-refractivity contribution in [3.05, 3.63) is 22.4 Å². The van der Waals surface area contributed by atoms with Crippen LogP contribution in [-0.4, -0.2) is 17.7 Å². The number of hydrogen-bond donors (Lipinski definition) is 1. The van der Waals surface area contributed by atoms with E-state index in [4.69, 9.17) is 9.84 Å². The van der Waals surface area contributed by atoms with Crippen molar-refractivity contribution in [2.24, 2.45) is 0 Å². The largest absolute Gasteiger partial charge is 0.479 e. The fourth-order valence-electron chi connectivity index (χ4n) is 0.952. The molecular formula is C7H6O3S. The zero-order chi connectivity index (χ0) is 7.90. The van der Waals surface area contributed by atoms with E-state index in [0.717, 1.165) is 4.88 Å². The fourth-order valence-corrected chi connectivity index (χ4v) is 1.81. The topological polar surface area (TPSA) is 49.8 Å². The van der Waals surface area contributed by atoms with Gasteiger partial charge >= 0.3 is 5.97 Å². The van der Waals surface area contributed by atoms with Gasteiger partial charge in [0.15, 0.2) is 0 Å². The first kappa shape index (κ1) is 6.82. The van der Waals surface area contributed by atoms with Crippen LogP contribution in [0.1, 0.15) is 4.88 Å². The van der Waals surface area contributed by atoms with Gasteiger partial charge in [-0.05, 0) is 11.4 Å². The van der Waals surface area contributed by atoms with E-state index in [-0.39, 0.29) is 0 Å². The highest BCUT2D eigenvalue weighted by molar-refractivity contribution is 7.10. The summed E-state index contributed by atoms with van der Waals surface area (Å²) < 4.78 is 4.91. The van der Waals surface area contributed by atoms with Gasteiger partial charge in [0.2, 0.25) is 5.60 Å². The highest BCUT2D eigenvalue weighted by atomic mass is 32.1. The number of carboxylic acids is 1. The lowest BCUT2D eigenvalue weighted by Crippen LogP contribution is -2.19. The van der Waals surface area contributed by atoms with E-state index in [1.54, 1.807) is 6.07 Å². The lowest BCUT2D eigenvalue weighted by atomic mass is 10.1. The second-order valence-corrected chi connectivity index (χ2v) is 3.35. The smallest absolute Gasteiger partial charge is 0.344 e. The molecule has 0 saturated carbocycles. The van der Waals surface area contributed by atoms with Gasteiger partial charge < -0.3 is 9.84 Å². The predicted molar refractivity (Wildman–Crippen MR) is 39.6 cm³/mol. The van der Waals surface area contributed by atoms with Crippen LogP contribution in [0.4, 0.5) is 0 Å².